The van der Waals surface area contributed by atoms with Crippen molar-refractivity contribution in [3.8, 4) is 11.5 Å². The van der Waals surface area contributed by atoms with Crippen LogP contribution in [0, 0.1) is 6.92 Å². The Kier molecular flexibility index (Phi) is 5.23. The molecule has 2 aromatic rings. The van der Waals surface area contributed by atoms with Crippen LogP contribution >= 0.6 is 0 Å². The number of nitrogens with one attached hydrogen (secondary N) is 2. The number of rotatable bonds is 6. The lowest BCUT2D eigenvalue weighted by Crippen LogP contribution is -3.11. The Hall–Kier alpha value is -2.54. The molecule has 0 spiro atoms. The molecule has 2 heterocycles. The van der Waals surface area contributed by atoms with E-state index in [0.717, 1.165) is 36.4 Å². The molecule has 1 unspecified atom stereocenters. The van der Waals surface area contributed by atoms with Gasteiger partial charge in [-0.2, -0.15) is 0 Å². The van der Waals surface area contributed by atoms with Crippen molar-refractivity contribution in [3.63, 3.8) is 0 Å². The molecule has 3 rings (SSSR count). The highest BCUT2D eigenvalue weighted by atomic mass is 16.5. The molecule has 1 aromatic carbocycles. The van der Waals surface area contributed by atoms with Gasteiger partial charge in [-0.1, -0.05) is 5.16 Å². The topological polar surface area (TPSA) is 78.0 Å². The predicted octanol–water partition coefficient (Wildman–Crippen LogP) is 1.36. The van der Waals surface area contributed by atoms with E-state index in [-0.39, 0.29) is 11.9 Å². The second-order valence-corrected chi connectivity index (χ2v) is 6.26. The first-order chi connectivity index (χ1) is 12.1. The summed E-state index contributed by atoms with van der Waals surface area (Å²) in [4.78, 5) is 13.6. The monoisotopic (exact) mass is 346 g/mol. The van der Waals surface area contributed by atoms with Crippen LogP contribution in [0.5, 0.6) is 11.5 Å². The Morgan fingerprint density at radius 3 is 2.88 bits per heavy atom. The number of quaternary nitrogens is 1. The number of amides is 1. The molecule has 134 valence electrons. The summed E-state index contributed by atoms with van der Waals surface area (Å²) >= 11 is 0. The van der Waals surface area contributed by atoms with Crippen molar-refractivity contribution in [1.82, 2.24) is 5.16 Å². The van der Waals surface area contributed by atoms with Crippen molar-refractivity contribution in [2.45, 2.75) is 25.8 Å². The van der Waals surface area contributed by atoms with E-state index in [4.69, 9.17) is 14.0 Å². The summed E-state index contributed by atoms with van der Waals surface area (Å²) < 4.78 is 15.8. The van der Waals surface area contributed by atoms with Gasteiger partial charge in [0.2, 0.25) is 0 Å². The van der Waals surface area contributed by atoms with Gasteiger partial charge in [-0.15, -0.1) is 0 Å². The summed E-state index contributed by atoms with van der Waals surface area (Å²) in [7, 11) is 3.32. The summed E-state index contributed by atoms with van der Waals surface area (Å²) in [5, 5.41) is 6.60. The number of carbonyl (C=O) groups is 1. The van der Waals surface area contributed by atoms with Gasteiger partial charge in [-0.3, -0.25) is 4.79 Å². The Balaban J connectivity index is 1.73. The van der Waals surface area contributed by atoms with E-state index in [0.29, 0.717) is 18.1 Å². The van der Waals surface area contributed by atoms with E-state index < -0.39 is 0 Å². The third kappa shape index (κ3) is 3.93. The summed E-state index contributed by atoms with van der Waals surface area (Å²) in [6, 6.07) is 7.72. The highest BCUT2D eigenvalue weighted by Gasteiger charge is 2.34. The molecular formula is C18H24N3O4+. The van der Waals surface area contributed by atoms with Gasteiger partial charge in [0, 0.05) is 18.9 Å². The number of hydrogen-bond donors (Lipinski definition) is 2. The van der Waals surface area contributed by atoms with Crippen LogP contribution in [0.25, 0.3) is 0 Å². The van der Waals surface area contributed by atoms with Crippen LogP contribution in [0.2, 0.25) is 0 Å². The maximum Gasteiger partial charge on any atom is 0.280 e. The fourth-order valence-corrected chi connectivity index (χ4v) is 3.43. The van der Waals surface area contributed by atoms with E-state index in [2.05, 4.69) is 10.5 Å². The highest BCUT2D eigenvalue weighted by molar-refractivity contribution is 5.90. The predicted molar refractivity (Wildman–Crippen MR) is 92.1 cm³/mol. The maximum absolute atomic E-state index is 12.4. The summed E-state index contributed by atoms with van der Waals surface area (Å²) in [5.41, 5.74) is 1.08. The van der Waals surface area contributed by atoms with Crippen molar-refractivity contribution < 1.29 is 23.7 Å². The number of anilines is 1. The first kappa shape index (κ1) is 17.3. The molecule has 25 heavy (non-hydrogen) atoms. The zero-order valence-electron chi connectivity index (χ0n) is 14.8. The lowest BCUT2D eigenvalue weighted by Gasteiger charge is -2.23. The number of nitrogens with zero attached hydrogens (tertiary/aromatic N) is 1. The number of benzene rings is 1. The van der Waals surface area contributed by atoms with Crippen LogP contribution < -0.4 is 19.7 Å². The minimum Gasteiger partial charge on any atom is -0.497 e. The summed E-state index contributed by atoms with van der Waals surface area (Å²) in [6.45, 7) is 3.10. The maximum atomic E-state index is 12.4. The van der Waals surface area contributed by atoms with E-state index in [9.17, 15) is 4.79 Å². The molecular weight excluding hydrogens is 322 g/mol. The molecule has 1 aliphatic rings. The van der Waals surface area contributed by atoms with Crippen molar-refractivity contribution >= 4 is 11.7 Å². The molecule has 0 bridgehead atoms. The Bertz CT molecular complexity index is 744. The highest BCUT2D eigenvalue weighted by Crippen LogP contribution is 2.31. The molecule has 1 aromatic heterocycles. The quantitative estimate of drug-likeness (QED) is 0.826. The second kappa shape index (κ2) is 7.57. The molecule has 7 nitrogen and oxygen atoms in total. The van der Waals surface area contributed by atoms with Crippen LogP contribution in [-0.4, -0.2) is 38.4 Å². The molecule has 0 aliphatic carbocycles. The Morgan fingerprint density at radius 1 is 1.36 bits per heavy atom. The summed E-state index contributed by atoms with van der Waals surface area (Å²) in [5.74, 6) is 2.68. The van der Waals surface area contributed by atoms with Crippen LogP contribution in [0.4, 0.5) is 5.82 Å². The third-order valence-corrected chi connectivity index (χ3v) is 4.58. The number of hydrogen-bond acceptors (Lipinski definition) is 5. The lowest BCUT2D eigenvalue weighted by molar-refractivity contribution is -0.910. The molecule has 0 radical (unpaired) electrons. The van der Waals surface area contributed by atoms with Crippen molar-refractivity contribution in [2.24, 2.45) is 0 Å². The van der Waals surface area contributed by atoms with E-state index in [1.807, 2.05) is 18.2 Å². The minimum absolute atomic E-state index is 0.0722. The zero-order valence-corrected chi connectivity index (χ0v) is 14.8. The fraction of sp³-hybridized carbons (Fsp3) is 0.444. The molecule has 2 N–H and O–H groups in total. The number of ether oxygens (including phenoxy) is 2. The number of carbonyl (C=O) groups excluding carboxylic acids is 1. The molecule has 1 aliphatic heterocycles. The Labute approximate surface area is 146 Å². The zero-order chi connectivity index (χ0) is 17.8. The number of methoxy groups -OCH3 is 2. The van der Waals surface area contributed by atoms with E-state index >= 15 is 0 Å². The number of likely N-dealkylation sites (tertiary alicyclic amines) is 1. The molecule has 7 heteroatoms. The fourth-order valence-electron chi connectivity index (χ4n) is 3.43. The van der Waals surface area contributed by atoms with Gasteiger partial charge in [0.05, 0.1) is 26.3 Å². The molecule has 1 saturated heterocycles. The van der Waals surface area contributed by atoms with Crippen LogP contribution in [0.15, 0.2) is 28.8 Å². The molecule has 1 fully saturated rings. The molecule has 0 saturated carbocycles. The standard InChI is InChI=1S/C18H23N3O4/c1-12-9-17(20-25-12)19-18(22)11-21-8-4-5-15(21)14-10-13(23-2)6-7-16(14)24-3/h6-7,9-10,15H,4-5,8,11H2,1-3H3,(H,19,20,22)/p+1/t15-/m1/s1. The van der Waals surface area contributed by atoms with Crippen LogP contribution in [-0.2, 0) is 4.79 Å². The van der Waals surface area contributed by atoms with Gasteiger partial charge >= 0.3 is 0 Å². The van der Waals surface area contributed by atoms with Gasteiger partial charge < -0.3 is 24.2 Å². The van der Waals surface area contributed by atoms with Crippen LogP contribution in [0.1, 0.15) is 30.2 Å². The number of aromatic nitrogens is 1. The van der Waals surface area contributed by atoms with Crippen molar-refractivity contribution in [1.29, 1.82) is 0 Å². The smallest absolute Gasteiger partial charge is 0.280 e. The van der Waals surface area contributed by atoms with E-state index in [1.54, 1.807) is 27.2 Å². The van der Waals surface area contributed by atoms with Crippen molar-refractivity contribution in [3.05, 3.63) is 35.6 Å². The number of aryl methyl sites for hydroxylation is 1. The summed E-state index contributed by atoms with van der Waals surface area (Å²) in [6.07, 6.45) is 2.08. The SMILES string of the molecule is COc1ccc(OC)c([C@H]2CCC[NH+]2CC(=O)Nc2cc(C)on2)c1. The van der Waals surface area contributed by atoms with Gasteiger partial charge in [0.25, 0.3) is 5.91 Å². The molecule has 1 amide bonds. The normalized spacial score (nSPS) is 19.6. The second-order valence-electron chi connectivity index (χ2n) is 6.26. The lowest BCUT2D eigenvalue weighted by atomic mass is 10.0. The van der Waals surface area contributed by atoms with Gasteiger partial charge in [-0.25, -0.2) is 0 Å². The average molecular weight is 346 g/mol. The van der Waals surface area contributed by atoms with Crippen LogP contribution in [0.3, 0.4) is 0 Å². The minimum atomic E-state index is -0.0722. The first-order valence-electron chi connectivity index (χ1n) is 8.40. The largest absolute Gasteiger partial charge is 0.497 e. The van der Waals surface area contributed by atoms with Crippen molar-refractivity contribution in [2.75, 3.05) is 32.6 Å². The molecule has 2 atom stereocenters. The third-order valence-electron chi connectivity index (χ3n) is 4.58. The van der Waals surface area contributed by atoms with Gasteiger partial charge in [-0.05, 0) is 25.1 Å². The van der Waals surface area contributed by atoms with Gasteiger partial charge in [0.1, 0.15) is 23.3 Å². The Morgan fingerprint density at radius 2 is 2.20 bits per heavy atom. The van der Waals surface area contributed by atoms with Gasteiger partial charge in [0.15, 0.2) is 12.4 Å². The van der Waals surface area contributed by atoms with E-state index in [1.165, 1.54) is 4.90 Å². The first-order valence-corrected chi connectivity index (χ1v) is 8.40. The average Bonchev–Trinajstić information content (AvgIpc) is 3.23.